The second kappa shape index (κ2) is 13.6. The average Bonchev–Trinajstić information content (AvgIpc) is 2.87. The number of amides is 1. The van der Waals surface area contributed by atoms with E-state index in [1.165, 1.54) is 6.21 Å². The van der Waals surface area contributed by atoms with E-state index in [1.807, 2.05) is 12.1 Å². The maximum absolute atomic E-state index is 12.7. The van der Waals surface area contributed by atoms with Gasteiger partial charge in [-0.25, -0.2) is 10.2 Å². The number of carbonyl (C=O) groups is 2. The van der Waals surface area contributed by atoms with E-state index in [4.69, 9.17) is 32.9 Å². The number of benzene rings is 2. The SMILES string of the molecule is C#CCOc1ccc(C=NNC(=O)COc2ccccc2[C@@H]2NC(=S)NC(C)=C2C(=O)OCC)cc1I. The van der Waals surface area contributed by atoms with Crippen LogP contribution in [0.25, 0.3) is 0 Å². The van der Waals surface area contributed by atoms with Crippen molar-refractivity contribution in [3.8, 4) is 23.8 Å². The third-order valence-corrected chi connectivity index (χ3v) is 6.09. The zero-order valence-corrected chi connectivity index (χ0v) is 23.1. The van der Waals surface area contributed by atoms with Gasteiger partial charge in [-0.1, -0.05) is 24.1 Å². The van der Waals surface area contributed by atoms with E-state index in [0.29, 0.717) is 33.4 Å². The Balaban J connectivity index is 1.66. The highest BCUT2D eigenvalue weighted by Gasteiger charge is 2.32. The molecular formula is C26H25IN4O5S. The van der Waals surface area contributed by atoms with E-state index in [-0.39, 0.29) is 19.8 Å². The van der Waals surface area contributed by atoms with Crippen molar-refractivity contribution in [1.29, 1.82) is 0 Å². The summed E-state index contributed by atoms with van der Waals surface area (Å²) >= 11 is 7.42. The molecule has 2 aromatic carbocycles. The van der Waals surface area contributed by atoms with Gasteiger partial charge in [-0.2, -0.15) is 5.10 Å². The largest absolute Gasteiger partial charge is 0.483 e. The van der Waals surface area contributed by atoms with Crippen LogP contribution in [0, 0.1) is 15.9 Å². The van der Waals surface area contributed by atoms with Crippen LogP contribution in [0.3, 0.4) is 0 Å². The monoisotopic (exact) mass is 632 g/mol. The molecule has 11 heteroatoms. The van der Waals surface area contributed by atoms with Crippen LogP contribution in [0.1, 0.15) is 31.0 Å². The van der Waals surface area contributed by atoms with Crippen LogP contribution in [0.15, 0.2) is 58.8 Å². The van der Waals surface area contributed by atoms with E-state index in [2.05, 4.69) is 49.7 Å². The van der Waals surface area contributed by atoms with Crippen LogP contribution in [0.5, 0.6) is 11.5 Å². The predicted molar refractivity (Wildman–Crippen MR) is 152 cm³/mol. The summed E-state index contributed by atoms with van der Waals surface area (Å²) in [6.45, 7) is 3.61. The second-order valence-corrected chi connectivity index (χ2v) is 9.16. The van der Waals surface area contributed by atoms with Gasteiger partial charge in [0.15, 0.2) is 11.7 Å². The third-order valence-electron chi connectivity index (χ3n) is 5.02. The summed E-state index contributed by atoms with van der Waals surface area (Å²) in [6, 6.07) is 11.9. The molecule has 1 atom stereocenters. The molecule has 0 spiro atoms. The van der Waals surface area contributed by atoms with Crippen molar-refractivity contribution in [2.45, 2.75) is 19.9 Å². The Morgan fingerprint density at radius 2 is 2.03 bits per heavy atom. The van der Waals surface area contributed by atoms with Crippen molar-refractivity contribution in [3.05, 3.63) is 68.4 Å². The molecule has 2 aromatic rings. The standard InChI is InChI=1S/C26H25IN4O5S/c1-4-12-35-21-11-10-17(13-19(21)27)14-28-31-22(32)15-36-20-9-7-6-8-18(20)24-23(25(33)34-5-2)16(3)29-26(37)30-24/h1,6-11,13-14,24H,5,12,15H2,2-3H3,(H,31,32)(H2,29,30,37)/t24-/m0/s1. The highest BCUT2D eigenvalue weighted by molar-refractivity contribution is 14.1. The van der Waals surface area contributed by atoms with E-state index in [9.17, 15) is 9.59 Å². The smallest absolute Gasteiger partial charge is 0.338 e. The van der Waals surface area contributed by atoms with E-state index in [1.54, 1.807) is 44.2 Å². The minimum atomic E-state index is -0.611. The molecule has 1 aliphatic heterocycles. The Labute approximate surface area is 234 Å². The Kier molecular flexibility index (Phi) is 10.3. The van der Waals surface area contributed by atoms with Crippen molar-refractivity contribution >= 4 is 58.0 Å². The van der Waals surface area contributed by atoms with Gasteiger partial charge in [0.1, 0.15) is 18.1 Å². The van der Waals surface area contributed by atoms with Crippen LogP contribution >= 0.6 is 34.8 Å². The minimum absolute atomic E-state index is 0.184. The van der Waals surface area contributed by atoms with E-state index in [0.717, 1.165) is 9.13 Å². The molecule has 3 rings (SSSR count). The number of allylic oxidation sites excluding steroid dienone is 1. The number of terminal acetylenes is 1. The van der Waals surface area contributed by atoms with Gasteiger partial charge < -0.3 is 24.8 Å². The number of para-hydroxylation sites is 1. The first-order valence-electron chi connectivity index (χ1n) is 11.2. The van der Waals surface area contributed by atoms with Gasteiger partial charge in [-0.15, -0.1) is 6.42 Å². The maximum Gasteiger partial charge on any atom is 0.338 e. The van der Waals surface area contributed by atoms with Gasteiger partial charge in [-0.3, -0.25) is 4.79 Å². The molecule has 0 aromatic heterocycles. The number of nitrogens with zero attached hydrogens (tertiary/aromatic N) is 1. The summed E-state index contributed by atoms with van der Waals surface area (Å²) in [4.78, 5) is 25.0. The molecular weight excluding hydrogens is 607 g/mol. The molecule has 0 radical (unpaired) electrons. The molecule has 192 valence electrons. The number of halogens is 1. The number of ether oxygens (including phenoxy) is 3. The van der Waals surface area contributed by atoms with E-state index >= 15 is 0 Å². The molecule has 0 saturated carbocycles. The number of carbonyl (C=O) groups excluding carboxylic acids is 2. The number of hydrazone groups is 1. The Hall–Kier alpha value is -3.63. The number of hydrogen-bond donors (Lipinski definition) is 3. The first kappa shape index (κ1) is 27.9. The lowest BCUT2D eigenvalue weighted by Gasteiger charge is -2.30. The van der Waals surface area contributed by atoms with Crippen molar-refractivity contribution in [3.63, 3.8) is 0 Å². The molecule has 0 bridgehead atoms. The van der Waals surface area contributed by atoms with Crippen LogP contribution in [-0.4, -0.2) is 43.0 Å². The summed E-state index contributed by atoms with van der Waals surface area (Å²) in [5.74, 6) is 2.58. The molecule has 3 N–H and O–H groups in total. The van der Waals surface area contributed by atoms with Gasteiger partial charge in [0.05, 0.1) is 28.0 Å². The number of thiocarbonyl (C=S) groups is 1. The summed E-state index contributed by atoms with van der Waals surface area (Å²) in [5.41, 5.74) is 4.81. The van der Waals surface area contributed by atoms with Gasteiger partial charge in [0.25, 0.3) is 5.91 Å². The van der Waals surface area contributed by atoms with Gasteiger partial charge >= 0.3 is 5.97 Å². The van der Waals surface area contributed by atoms with Gasteiger partial charge in [0.2, 0.25) is 0 Å². The van der Waals surface area contributed by atoms with Gasteiger partial charge in [-0.05, 0) is 78.5 Å². The fraction of sp³-hybridized carbons (Fsp3) is 0.231. The van der Waals surface area contributed by atoms with Crippen molar-refractivity contribution in [2.24, 2.45) is 5.10 Å². The second-order valence-electron chi connectivity index (χ2n) is 7.59. The Morgan fingerprint density at radius 3 is 2.76 bits per heavy atom. The lowest BCUT2D eigenvalue weighted by Crippen LogP contribution is -2.45. The molecule has 1 amide bonds. The summed E-state index contributed by atoms with van der Waals surface area (Å²) in [5, 5.41) is 10.4. The zero-order valence-electron chi connectivity index (χ0n) is 20.2. The van der Waals surface area contributed by atoms with Crippen LogP contribution in [0.4, 0.5) is 0 Å². The summed E-state index contributed by atoms with van der Waals surface area (Å²) < 4.78 is 17.3. The van der Waals surface area contributed by atoms with Crippen molar-refractivity contribution in [1.82, 2.24) is 16.1 Å². The van der Waals surface area contributed by atoms with Crippen LogP contribution in [0.2, 0.25) is 0 Å². The number of esters is 1. The maximum atomic E-state index is 12.7. The molecule has 9 nitrogen and oxygen atoms in total. The van der Waals surface area contributed by atoms with Crippen molar-refractivity contribution < 1.29 is 23.8 Å². The zero-order chi connectivity index (χ0) is 26.8. The molecule has 1 heterocycles. The van der Waals surface area contributed by atoms with Gasteiger partial charge in [0, 0.05) is 11.3 Å². The molecule has 1 aliphatic rings. The number of hydrogen-bond acceptors (Lipinski definition) is 7. The third kappa shape index (κ3) is 7.68. The number of nitrogens with one attached hydrogen (secondary N) is 3. The number of rotatable bonds is 10. The lowest BCUT2D eigenvalue weighted by atomic mass is 9.95. The minimum Gasteiger partial charge on any atom is -0.483 e. The molecule has 0 saturated heterocycles. The quantitative estimate of drug-likeness (QED) is 0.0916. The Morgan fingerprint density at radius 1 is 1.24 bits per heavy atom. The Bertz CT molecular complexity index is 1290. The highest BCUT2D eigenvalue weighted by atomic mass is 127. The lowest BCUT2D eigenvalue weighted by molar-refractivity contribution is -0.139. The normalized spacial score (nSPS) is 14.9. The van der Waals surface area contributed by atoms with E-state index < -0.39 is 17.9 Å². The average molecular weight is 632 g/mol. The first-order valence-corrected chi connectivity index (χ1v) is 12.7. The van der Waals surface area contributed by atoms with Crippen LogP contribution < -0.4 is 25.5 Å². The van der Waals surface area contributed by atoms with Crippen molar-refractivity contribution in [2.75, 3.05) is 19.8 Å². The summed E-state index contributed by atoms with van der Waals surface area (Å²) in [6.07, 6.45) is 6.73. The predicted octanol–water partition coefficient (Wildman–Crippen LogP) is 3.19. The topological polar surface area (TPSA) is 110 Å². The molecule has 0 aliphatic carbocycles. The molecule has 37 heavy (non-hydrogen) atoms. The first-order chi connectivity index (χ1) is 17.8. The summed E-state index contributed by atoms with van der Waals surface area (Å²) in [7, 11) is 0. The fourth-order valence-corrected chi connectivity index (χ4v) is 4.41. The molecule has 0 fully saturated rings. The highest BCUT2D eigenvalue weighted by Crippen LogP contribution is 2.33. The van der Waals surface area contributed by atoms with Crippen LogP contribution in [-0.2, 0) is 14.3 Å². The fourth-order valence-electron chi connectivity index (χ4n) is 3.45. The molecule has 0 unspecified atom stereocenters.